The smallest absolute Gasteiger partial charge is 0.257 e. The molecule has 1 rings (SSSR count). The minimum absolute atomic E-state index is 0.282. The molecule has 0 bridgehead atoms. The fourth-order valence-electron chi connectivity index (χ4n) is 0.928. The maximum Gasteiger partial charge on any atom is 0.323 e. The standard InChI is InChI=1S/C8H7IN2O/c1-6-5-7(2)11(10-6)8(12)3-4-9/h5H,1-2H3. The van der Waals surface area contributed by atoms with Gasteiger partial charge in [-0.2, -0.15) is 9.78 Å². The van der Waals surface area contributed by atoms with Crippen molar-refractivity contribution >= 4 is 28.5 Å². The third-order valence-electron chi connectivity index (χ3n) is 1.36. The molecule has 0 N–H and O–H groups in total. The number of hydrogen-bond acceptors (Lipinski definition) is 2. The van der Waals surface area contributed by atoms with E-state index in [1.807, 2.05) is 42.5 Å². The lowest BCUT2D eigenvalue weighted by Gasteiger charge is -1.93. The molecule has 0 aliphatic heterocycles. The number of halogens is 1. The zero-order chi connectivity index (χ0) is 9.14. The van der Waals surface area contributed by atoms with Gasteiger partial charge in [0, 0.05) is 34.2 Å². The first-order chi connectivity index (χ1) is 5.65. The number of aromatic nitrogens is 2. The van der Waals surface area contributed by atoms with Crippen molar-refractivity contribution in [3.63, 3.8) is 0 Å². The highest BCUT2D eigenvalue weighted by Crippen LogP contribution is 2.00. The van der Waals surface area contributed by atoms with E-state index in [1.165, 1.54) is 4.68 Å². The van der Waals surface area contributed by atoms with Crippen molar-refractivity contribution in [2.75, 3.05) is 0 Å². The van der Waals surface area contributed by atoms with Gasteiger partial charge in [0.15, 0.2) is 0 Å². The summed E-state index contributed by atoms with van der Waals surface area (Å²) in [7, 11) is 0. The van der Waals surface area contributed by atoms with Crippen molar-refractivity contribution in [2.24, 2.45) is 0 Å². The molecule has 1 heterocycles. The molecule has 3 nitrogen and oxygen atoms in total. The highest BCUT2D eigenvalue weighted by Gasteiger charge is 2.05. The molecule has 1 aromatic rings. The van der Waals surface area contributed by atoms with Crippen LogP contribution in [-0.4, -0.2) is 15.7 Å². The topological polar surface area (TPSA) is 34.9 Å². The SMILES string of the molecule is Cc1cc(C)n(C(=O)C#CI)n1. The van der Waals surface area contributed by atoms with Crippen LogP contribution < -0.4 is 0 Å². The molecule has 0 spiro atoms. The average molecular weight is 274 g/mol. The third kappa shape index (κ3) is 1.85. The van der Waals surface area contributed by atoms with Crippen LogP contribution in [0.2, 0.25) is 0 Å². The van der Waals surface area contributed by atoms with E-state index < -0.39 is 0 Å². The zero-order valence-corrected chi connectivity index (χ0v) is 8.92. The predicted molar refractivity (Wildman–Crippen MR) is 54.1 cm³/mol. The second kappa shape index (κ2) is 3.72. The van der Waals surface area contributed by atoms with Crippen LogP contribution in [0.3, 0.4) is 0 Å². The molecular weight excluding hydrogens is 267 g/mol. The molecular formula is C8H7IN2O. The molecule has 4 heteroatoms. The number of carbonyl (C=O) groups is 1. The Morgan fingerprint density at radius 1 is 1.67 bits per heavy atom. The molecule has 0 unspecified atom stereocenters. The van der Waals surface area contributed by atoms with Gasteiger partial charge in [-0.1, -0.05) is 0 Å². The maximum absolute atomic E-state index is 11.2. The van der Waals surface area contributed by atoms with E-state index in [4.69, 9.17) is 0 Å². The predicted octanol–water partition coefficient (Wildman–Crippen LogP) is 1.54. The maximum atomic E-state index is 11.2. The summed E-state index contributed by atoms with van der Waals surface area (Å²) in [6, 6.07) is 1.84. The van der Waals surface area contributed by atoms with Crippen LogP contribution >= 0.6 is 22.6 Å². The monoisotopic (exact) mass is 274 g/mol. The van der Waals surface area contributed by atoms with Crippen molar-refractivity contribution in [1.29, 1.82) is 0 Å². The Bertz CT molecular complexity index is 370. The highest BCUT2D eigenvalue weighted by molar-refractivity contribution is 14.1. The van der Waals surface area contributed by atoms with Crippen LogP contribution in [0.15, 0.2) is 6.07 Å². The Hall–Kier alpha value is -0.830. The summed E-state index contributed by atoms with van der Waals surface area (Å²) in [5.74, 6) is 2.13. The minimum Gasteiger partial charge on any atom is -0.257 e. The van der Waals surface area contributed by atoms with Gasteiger partial charge in [0.05, 0.1) is 5.69 Å². The van der Waals surface area contributed by atoms with Gasteiger partial charge in [-0.05, 0) is 23.8 Å². The molecule has 12 heavy (non-hydrogen) atoms. The summed E-state index contributed by atoms with van der Waals surface area (Å²) in [6.45, 7) is 3.67. The summed E-state index contributed by atoms with van der Waals surface area (Å²) in [6.07, 6.45) is 0. The van der Waals surface area contributed by atoms with Crippen molar-refractivity contribution in [3.8, 4) is 9.85 Å². The van der Waals surface area contributed by atoms with Crippen LogP contribution in [0.5, 0.6) is 0 Å². The van der Waals surface area contributed by atoms with Gasteiger partial charge in [0.2, 0.25) is 0 Å². The molecule has 0 radical (unpaired) electrons. The van der Waals surface area contributed by atoms with Gasteiger partial charge in [-0.25, -0.2) is 0 Å². The van der Waals surface area contributed by atoms with Gasteiger partial charge in [-0.15, -0.1) is 0 Å². The zero-order valence-electron chi connectivity index (χ0n) is 6.76. The van der Waals surface area contributed by atoms with Gasteiger partial charge < -0.3 is 0 Å². The largest absolute Gasteiger partial charge is 0.323 e. The number of carbonyl (C=O) groups excluding carboxylic acids is 1. The van der Waals surface area contributed by atoms with Crippen LogP contribution in [0.1, 0.15) is 16.2 Å². The van der Waals surface area contributed by atoms with Crippen LogP contribution in [-0.2, 0) is 0 Å². The molecule has 0 atom stereocenters. The Morgan fingerprint density at radius 3 is 2.75 bits per heavy atom. The van der Waals surface area contributed by atoms with Crippen molar-refractivity contribution in [2.45, 2.75) is 13.8 Å². The molecule has 0 saturated heterocycles. The third-order valence-corrected chi connectivity index (χ3v) is 1.63. The summed E-state index contributed by atoms with van der Waals surface area (Å²) >= 11 is 1.82. The fourth-order valence-corrected chi connectivity index (χ4v) is 1.16. The lowest BCUT2D eigenvalue weighted by molar-refractivity contribution is 0.0962. The Balaban J connectivity index is 3.08. The Labute approximate surface area is 84.3 Å². The Morgan fingerprint density at radius 2 is 2.33 bits per heavy atom. The van der Waals surface area contributed by atoms with Crippen molar-refractivity contribution in [3.05, 3.63) is 17.5 Å². The van der Waals surface area contributed by atoms with E-state index in [0.29, 0.717) is 0 Å². The van der Waals surface area contributed by atoms with Gasteiger partial charge >= 0.3 is 5.91 Å². The first kappa shape index (κ1) is 9.26. The fraction of sp³-hybridized carbons (Fsp3) is 0.250. The van der Waals surface area contributed by atoms with E-state index in [1.54, 1.807) is 0 Å². The minimum atomic E-state index is -0.282. The van der Waals surface area contributed by atoms with E-state index in [9.17, 15) is 4.79 Å². The summed E-state index contributed by atoms with van der Waals surface area (Å²) < 4.78 is 3.82. The highest BCUT2D eigenvalue weighted by atomic mass is 127. The summed E-state index contributed by atoms with van der Waals surface area (Å²) in [5.41, 5.74) is 1.65. The quantitative estimate of drug-likeness (QED) is 0.531. The lowest BCUT2D eigenvalue weighted by Crippen LogP contribution is -2.11. The van der Waals surface area contributed by atoms with Crippen LogP contribution in [0.25, 0.3) is 0 Å². The molecule has 0 amide bonds. The number of nitrogens with zero attached hydrogens (tertiary/aromatic N) is 2. The van der Waals surface area contributed by atoms with E-state index in [2.05, 4.69) is 14.9 Å². The average Bonchev–Trinajstić information content (AvgIpc) is 2.30. The second-order valence-electron chi connectivity index (χ2n) is 2.36. The molecule has 1 aromatic heterocycles. The van der Waals surface area contributed by atoms with Gasteiger partial charge in [0.25, 0.3) is 0 Å². The molecule has 0 fully saturated rings. The number of hydrogen-bond donors (Lipinski definition) is 0. The van der Waals surface area contributed by atoms with Gasteiger partial charge in [-0.3, -0.25) is 4.79 Å². The van der Waals surface area contributed by atoms with Crippen LogP contribution in [0.4, 0.5) is 0 Å². The molecule has 0 aliphatic carbocycles. The van der Waals surface area contributed by atoms with E-state index >= 15 is 0 Å². The molecule has 0 aromatic carbocycles. The number of rotatable bonds is 0. The first-order valence-electron chi connectivity index (χ1n) is 3.34. The lowest BCUT2D eigenvalue weighted by atomic mass is 10.4. The van der Waals surface area contributed by atoms with Crippen molar-refractivity contribution in [1.82, 2.24) is 9.78 Å². The normalized spacial score (nSPS) is 8.92. The van der Waals surface area contributed by atoms with E-state index in [-0.39, 0.29) is 5.91 Å². The van der Waals surface area contributed by atoms with Crippen molar-refractivity contribution < 1.29 is 4.79 Å². The molecule has 62 valence electrons. The number of aryl methyl sites for hydroxylation is 2. The summed E-state index contributed by atoms with van der Waals surface area (Å²) in [4.78, 5) is 11.2. The summed E-state index contributed by atoms with van der Waals surface area (Å²) in [5, 5.41) is 3.99. The Kier molecular flexibility index (Phi) is 2.87. The van der Waals surface area contributed by atoms with Gasteiger partial charge in [0.1, 0.15) is 0 Å². The molecule has 0 saturated carbocycles. The first-order valence-corrected chi connectivity index (χ1v) is 4.42. The molecule has 0 aliphatic rings. The van der Waals surface area contributed by atoms with E-state index in [0.717, 1.165) is 11.4 Å². The van der Waals surface area contributed by atoms with Crippen LogP contribution in [0, 0.1) is 23.7 Å². The second-order valence-corrected chi connectivity index (χ2v) is 2.90.